The molecule has 9 rings (SSSR count). The fourth-order valence-electron chi connectivity index (χ4n) is 7.99. The maximum absolute atomic E-state index is 14.5. The average molecular weight is 919 g/mol. The second-order valence-electron chi connectivity index (χ2n) is 14.8. The van der Waals surface area contributed by atoms with Crippen LogP contribution in [0.5, 0.6) is 74.7 Å². The highest BCUT2D eigenvalue weighted by molar-refractivity contribution is 6.29. The third-order valence-corrected chi connectivity index (χ3v) is 11.0. The van der Waals surface area contributed by atoms with Gasteiger partial charge >= 0.3 is 29.2 Å². The summed E-state index contributed by atoms with van der Waals surface area (Å²) in [5.41, 5.74) is -12.9. The van der Waals surface area contributed by atoms with Gasteiger partial charge in [-0.15, -0.1) is 0 Å². The van der Waals surface area contributed by atoms with Gasteiger partial charge in [0, 0.05) is 33.0 Å². The van der Waals surface area contributed by atoms with Crippen LogP contribution in [-0.4, -0.2) is 127 Å². The van der Waals surface area contributed by atoms with Crippen LogP contribution in [0.2, 0.25) is 0 Å². The number of rotatable bonds is 2. The Morgan fingerprint density at radius 3 is 1.44 bits per heavy atom. The Bertz CT molecular complexity index is 3430. The van der Waals surface area contributed by atoms with Crippen molar-refractivity contribution in [1.82, 2.24) is 0 Å². The van der Waals surface area contributed by atoms with Gasteiger partial charge in [0.1, 0.15) is 18.8 Å². The van der Waals surface area contributed by atoms with Gasteiger partial charge in [-0.25, -0.2) is 24.0 Å². The lowest BCUT2D eigenvalue weighted by molar-refractivity contribution is -0.197. The van der Waals surface area contributed by atoms with Crippen LogP contribution in [0.15, 0.2) is 42.7 Å². The van der Waals surface area contributed by atoms with Gasteiger partial charge in [-0.05, 0) is 24.3 Å². The summed E-state index contributed by atoms with van der Waals surface area (Å²) < 4.78 is 32.7. The molecule has 0 spiro atoms. The summed E-state index contributed by atoms with van der Waals surface area (Å²) in [4.78, 5) is 70.1. The Morgan fingerprint density at radius 2 is 0.955 bits per heavy atom. The number of phenolic OH excluding ortho intramolecular Hbond substituents is 13. The van der Waals surface area contributed by atoms with Crippen LogP contribution in [0, 0.1) is 0 Å². The van der Waals surface area contributed by atoms with E-state index < -0.39 is 213 Å². The van der Waals surface area contributed by atoms with E-state index in [1.807, 2.05) is 0 Å². The maximum atomic E-state index is 14.5. The molecule has 0 aliphatic carbocycles. The van der Waals surface area contributed by atoms with E-state index in [1.54, 1.807) is 0 Å². The zero-order valence-electron chi connectivity index (χ0n) is 32.3. The van der Waals surface area contributed by atoms with Crippen molar-refractivity contribution in [3.8, 4) is 97.0 Å². The monoisotopic (exact) mass is 918 g/mol. The summed E-state index contributed by atoms with van der Waals surface area (Å²) in [7, 11) is 0. The third-order valence-electron chi connectivity index (χ3n) is 11.0. The molecule has 0 radical (unpaired) electrons. The normalized spacial score (nSPS) is 18.6. The van der Waals surface area contributed by atoms with Gasteiger partial charge in [0.05, 0.1) is 34.1 Å². The van der Waals surface area contributed by atoms with Gasteiger partial charge in [0.25, 0.3) is 0 Å². The van der Waals surface area contributed by atoms with E-state index >= 15 is 0 Å². The summed E-state index contributed by atoms with van der Waals surface area (Å²) in [6.45, 7) is -1.99. The molecule has 2 aromatic heterocycles. The van der Waals surface area contributed by atoms with Gasteiger partial charge in [0.2, 0.25) is 23.0 Å². The molecule has 25 heteroatoms. The molecule has 2 aliphatic rings. The van der Waals surface area contributed by atoms with E-state index in [1.165, 1.54) is 0 Å². The first kappa shape index (κ1) is 42.1. The van der Waals surface area contributed by atoms with Crippen molar-refractivity contribution in [3.63, 3.8) is 0 Å². The van der Waals surface area contributed by atoms with Crippen LogP contribution in [-0.2, 0) is 18.9 Å². The fraction of sp³-hybridized carbons (Fsp3) is 0.146. The average Bonchev–Trinajstić information content (AvgIpc) is 3.27. The molecule has 1 saturated heterocycles. The molecule has 0 unspecified atom stereocenters. The lowest BCUT2D eigenvalue weighted by atomic mass is 9.88. The summed E-state index contributed by atoms with van der Waals surface area (Å²) in [6.07, 6.45) is -8.27. The summed E-state index contributed by atoms with van der Waals surface area (Å²) in [5, 5.41) is 149. The highest BCUT2D eigenvalue weighted by Gasteiger charge is 2.47. The lowest BCUT2D eigenvalue weighted by Crippen LogP contribution is -2.57. The molecule has 4 atom stereocenters. The Kier molecular flexibility index (Phi) is 9.19. The first-order valence-electron chi connectivity index (χ1n) is 18.5. The van der Waals surface area contributed by atoms with Crippen molar-refractivity contribution in [3.05, 3.63) is 61.8 Å². The minimum Gasteiger partial charge on any atom is -0.504 e. The summed E-state index contributed by atoms with van der Waals surface area (Å²) >= 11 is 0. The first-order valence-corrected chi connectivity index (χ1v) is 18.5. The Hall–Kier alpha value is -9.23. The van der Waals surface area contributed by atoms with Crippen LogP contribution >= 0.6 is 0 Å². The number of ether oxygens (including phenoxy) is 4. The Morgan fingerprint density at radius 1 is 0.515 bits per heavy atom. The molecule has 4 heterocycles. The van der Waals surface area contributed by atoms with Gasteiger partial charge in [-0.3, -0.25) is 0 Å². The number of hydrogen-bond donors (Lipinski definition) is 14. The van der Waals surface area contributed by atoms with Gasteiger partial charge in [-0.1, -0.05) is 0 Å². The quantitative estimate of drug-likeness (QED) is 0.0385. The van der Waals surface area contributed by atoms with Crippen LogP contribution in [0.25, 0.3) is 55.0 Å². The number of carbonyl (C=O) groups excluding carboxylic acids is 3. The molecule has 25 nitrogen and oxygen atoms in total. The number of hydrogen-bond acceptors (Lipinski definition) is 25. The van der Waals surface area contributed by atoms with Crippen LogP contribution in [0.3, 0.4) is 0 Å². The molecule has 340 valence electrons. The van der Waals surface area contributed by atoms with E-state index in [2.05, 4.69) is 0 Å². The molecule has 66 heavy (non-hydrogen) atoms. The zero-order valence-corrected chi connectivity index (χ0v) is 32.3. The largest absolute Gasteiger partial charge is 0.504 e. The Labute approximate surface area is 360 Å². The van der Waals surface area contributed by atoms with Gasteiger partial charge < -0.3 is 99.3 Å². The SMILES string of the molecule is O=C(O[C@H]1[C@@H]2OC(=O)c3cc(O)c(O)c(O)c3-c3c(O)c(O)c4oc(=O)c5c(c(O)c(O)c6oc(=O)c3c4c65)-c3c(cc(O)c(O)c3O)C(=O)OC[C@H]2OC[C@@H]1O)c1cc(O)c(O)c(O)c1. The summed E-state index contributed by atoms with van der Waals surface area (Å²) in [5.74, 6) is -22.3. The Balaban J connectivity index is 1.39. The lowest BCUT2D eigenvalue weighted by Gasteiger charge is -2.39. The van der Waals surface area contributed by atoms with Gasteiger partial charge in [-0.2, -0.15) is 0 Å². The number of fused-ring (bicyclic) bond motifs is 5. The van der Waals surface area contributed by atoms with Crippen molar-refractivity contribution < 1.29 is 114 Å². The van der Waals surface area contributed by atoms with Crippen molar-refractivity contribution in [2.24, 2.45) is 0 Å². The number of aliphatic hydroxyl groups excluding tert-OH is 1. The number of aliphatic hydroxyl groups is 1. The number of benzene rings is 5. The highest BCUT2D eigenvalue weighted by atomic mass is 16.6. The number of aromatic hydroxyl groups is 13. The summed E-state index contributed by atoms with van der Waals surface area (Å²) in [6, 6.07) is 2.10. The fourth-order valence-corrected chi connectivity index (χ4v) is 7.99. The second kappa shape index (κ2) is 14.4. The number of cyclic esters (lactones) is 1. The van der Waals surface area contributed by atoms with Crippen molar-refractivity contribution >= 4 is 50.6 Å². The molecule has 5 aromatic carbocycles. The third kappa shape index (κ3) is 5.83. The molecule has 2 aliphatic heterocycles. The highest BCUT2D eigenvalue weighted by Crippen LogP contribution is 2.58. The molecule has 1 fully saturated rings. The number of esters is 3. The van der Waals surface area contributed by atoms with E-state index in [4.69, 9.17) is 27.8 Å². The zero-order chi connectivity index (χ0) is 47.7. The van der Waals surface area contributed by atoms with Crippen molar-refractivity contribution in [2.75, 3.05) is 13.2 Å². The van der Waals surface area contributed by atoms with E-state index in [-0.39, 0.29) is 0 Å². The molecule has 14 N–H and O–H groups in total. The van der Waals surface area contributed by atoms with E-state index in [0.29, 0.717) is 24.3 Å². The molecular weight excluding hydrogens is 892 g/mol. The van der Waals surface area contributed by atoms with E-state index in [9.17, 15) is 95.5 Å². The number of carbonyl (C=O) groups is 3. The topological polar surface area (TPSA) is 432 Å². The van der Waals surface area contributed by atoms with Crippen LogP contribution < -0.4 is 11.3 Å². The van der Waals surface area contributed by atoms with Crippen LogP contribution in [0.1, 0.15) is 31.1 Å². The predicted molar refractivity (Wildman–Crippen MR) is 211 cm³/mol. The standard InChI is InChI=1S/C41H26O25/c42-10-1-7(2-11(43)24(10)47)37(56)63-33-14(46)5-61-15-6-62-38(57)8-3-12(44)25(48)27(50)16(8)18-22-20-21-23(41(60)66-35(20)31(54)29(18)52)19(30(53)32(55)36(21)65-40(22)59)17-9(39(58)64-34(15)33)4-13(45)26(49)28(17)51/h1-4,14-15,33-34,42-55H,5-6H2/t14-,15+,33+,34+/m0/s1. The minimum atomic E-state index is -2.23. The first-order chi connectivity index (χ1) is 31.1. The van der Waals surface area contributed by atoms with Crippen LogP contribution in [0.4, 0.5) is 0 Å². The molecule has 0 saturated carbocycles. The molecule has 6 bridgehead atoms. The van der Waals surface area contributed by atoms with E-state index in [0.717, 1.165) is 0 Å². The smallest absolute Gasteiger partial charge is 0.345 e. The molecule has 7 aromatic rings. The van der Waals surface area contributed by atoms with Crippen molar-refractivity contribution in [1.29, 1.82) is 0 Å². The number of phenols is 13. The maximum Gasteiger partial charge on any atom is 0.345 e. The van der Waals surface area contributed by atoms with Crippen molar-refractivity contribution in [2.45, 2.75) is 24.4 Å². The molecular formula is C41H26O25. The minimum absolute atomic E-state index is 0.398. The van der Waals surface area contributed by atoms with Gasteiger partial charge in [0.15, 0.2) is 75.1 Å². The predicted octanol–water partition coefficient (Wildman–Crippen LogP) is 1.68. The second-order valence-corrected chi connectivity index (χ2v) is 14.8. The molecule has 0 amide bonds.